The Hall–Kier alpha value is -1.09. The number of hydrogen-bond acceptors (Lipinski definition) is 1. The van der Waals surface area contributed by atoms with E-state index in [-0.39, 0.29) is 5.91 Å². The average Bonchev–Trinajstić information content (AvgIpc) is 3.09. The topological polar surface area (TPSA) is 29.1 Å². The summed E-state index contributed by atoms with van der Waals surface area (Å²) in [7, 11) is 0. The van der Waals surface area contributed by atoms with Gasteiger partial charge in [-0.05, 0) is 67.7 Å². The number of fused-ring (bicyclic) bond motifs is 2. The molecule has 21 heavy (non-hydrogen) atoms. The molecule has 2 nitrogen and oxygen atoms in total. The van der Waals surface area contributed by atoms with Crippen LogP contribution in [0, 0.1) is 17.8 Å². The Morgan fingerprint density at radius 1 is 1.29 bits per heavy atom. The molecule has 2 aliphatic rings. The van der Waals surface area contributed by atoms with Crippen LogP contribution < -0.4 is 5.32 Å². The van der Waals surface area contributed by atoms with Gasteiger partial charge in [0.15, 0.2) is 0 Å². The summed E-state index contributed by atoms with van der Waals surface area (Å²) in [6, 6.07) is 8.24. The van der Waals surface area contributed by atoms with Gasteiger partial charge < -0.3 is 5.32 Å². The normalized spacial score (nSPS) is 29.0. The molecule has 0 saturated heterocycles. The first-order valence-corrected chi connectivity index (χ1v) is 8.65. The van der Waals surface area contributed by atoms with Crippen molar-refractivity contribution >= 4 is 27.9 Å². The van der Waals surface area contributed by atoms with Gasteiger partial charge in [0.05, 0.1) is 0 Å². The lowest BCUT2D eigenvalue weighted by Crippen LogP contribution is -2.39. The van der Waals surface area contributed by atoms with Crippen LogP contribution in [0.2, 0.25) is 0 Å². The lowest BCUT2D eigenvalue weighted by atomic mass is 9.84. The molecule has 2 bridgehead atoms. The number of amides is 1. The summed E-state index contributed by atoms with van der Waals surface area (Å²) in [5, 5.41) is 3.15. The third-order valence-electron chi connectivity index (χ3n) is 5.10. The van der Waals surface area contributed by atoms with Crippen molar-refractivity contribution in [3.05, 3.63) is 40.4 Å². The first kappa shape index (κ1) is 14.8. The molecule has 1 N–H and O–H groups in total. The number of hydrogen-bond donors (Lipinski definition) is 1. The molecule has 0 heterocycles. The molecule has 1 aromatic rings. The number of nitrogens with one attached hydrogen (secondary N) is 1. The Bertz CT molecular complexity index is 537. The Balaban J connectivity index is 1.53. The summed E-state index contributed by atoms with van der Waals surface area (Å²) in [5.74, 6) is 2.49. The van der Waals surface area contributed by atoms with E-state index in [1.807, 2.05) is 30.3 Å². The molecule has 2 aliphatic carbocycles. The molecule has 2 fully saturated rings. The molecule has 0 aromatic heterocycles. The van der Waals surface area contributed by atoms with E-state index >= 15 is 0 Å². The van der Waals surface area contributed by atoms with Gasteiger partial charge in [0.2, 0.25) is 5.91 Å². The average molecular weight is 348 g/mol. The summed E-state index contributed by atoms with van der Waals surface area (Å²) < 4.78 is 1.05. The predicted octanol–water partition coefficient (Wildman–Crippen LogP) is 4.40. The number of carbonyl (C=O) groups excluding carboxylic acids is 1. The van der Waals surface area contributed by atoms with Gasteiger partial charge in [-0.1, -0.05) is 34.5 Å². The highest BCUT2D eigenvalue weighted by atomic mass is 79.9. The zero-order valence-electron chi connectivity index (χ0n) is 12.4. The van der Waals surface area contributed by atoms with Gasteiger partial charge in [-0.2, -0.15) is 0 Å². The number of benzene rings is 1. The van der Waals surface area contributed by atoms with Gasteiger partial charge in [-0.15, -0.1) is 0 Å². The van der Waals surface area contributed by atoms with Crippen molar-refractivity contribution in [2.45, 2.75) is 38.6 Å². The van der Waals surface area contributed by atoms with Gasteiger partial charge in [0.1, 0.15) is 0 Å². The van der Waals surface area contributed by atoms with Crippen molar-refractivity contribution in [1.29, 1.82) is 0 Å². The molecule has 4 atom stereocenters. The van der Waals surface area contributed by atoms with Gasteiger partial charge in [-0.25, -0.2) is 0 Å². The van der Waals surface area contributed by atoms with E-state index in [1.54, 1.807) is 6.08 Å². The number of carbonyl (C=O) groups is 1. The molecule has 3 heteroatoms. The second-order valence-corrected chi connectivity index (χ2v) is 7.44. The Morgan fingerprint density at radius 2 is 2.05 bits per heavy atom. The molecule has 0 unspecified atom stereocenters. The third kappa shape index (κ3) is 3.57. The maximum atomic E-state index is 12.0. The van der Waals surface area contributed by atoms with Crippen LogP contribution in [0.15, 0.2) is 34.8 Å². The predicted molar refractivity (Wildman–Crippen MR) is 89.7 cm³/mol. The van der Waals surface area contributed by atoms with E-state index in [2.05, 4.69) is 28.2 Å². The summed E-state index contributed by atoms with van der Waals surface area (Å²) in [4.78, 5) is 12.0. The van der Waals surface area contributed by atoms with E-state index in [9.17, 15) is 4.79 Å². The largest absolute Gasteiger partial charge is 0.350 e. The van der Waals surface area contributed by atoms with E-state index in [4.69, 9.17) is 0 Å². The molecule has 1 amide bonds. The molecular formula is C18H22BrNO. The quantitative estimate of drug-likeness (QED) is 0.803. The molecule has 0 aliphatic heterocycles. The van der Waals surface area contributed by atoms with Crippen LogP contribution >= 0.6 is 15.9 Å². The van der Waals surface area contributed by atoms with Crippen LogP contribution in [0.25, 0.3) is 6.08 Å². The highest BCUT2D eigenvalue weighted by Gasteiger charge is 2.41. The molecule has 112 valence electrons. The van der Waals surface area contributed by atoms with E-state index in [0.29, 0.717) is 12.0 Å². The minimum absolute atomic E-state index is 0.0215. The molecule has 3 rings (SSSR count). The summed E-state index contributed by atoms with van der Waals surface area (Å²) in [6.07, 6.45) is 8.99. The maximum Gasteiger partial charge on any atom is 0.244 e. The van der Waals surface area contributed by atoms with E-state index in [1.165, 1.54) is 25.7 Å². The van der Waals surface area contributed by atoms with E-state index in [0.717, 1.165) is 21.9 Å². The summed E-state index contributed by atoms with van der Waals surface area (Å²) in [6.45, 7) is 2.16. The summed E-state index contributed by atoms with van der Waals surface area (Å²) in [5.41, 5.74) is 1.04. The standard InChI is InChI=1S/C18H22BrNO/c1-12(17-11-14-2-6-15(17)10-14)20-18(21)9-5-13-3-7-16(19)8-4-13/h3-5,7-9,12,14-15,17H,2,6,10-11H2,1H3,(H,20,21)/b9-5+/t12-,14-,15-,17+/m1/s1. The van der Waals surface area contributed by atoms with Crippen molar-refractivity contribution in [3.63, 3.8) is 0 Å². The van der Waals surface area contributed by atoms with E-state index < -0.39 is 0 Å². The second kappa shape index (κ2) is 6.35. The third-order valence-corrected chi connectivity index (χ3v) is 5.63. The first-order chi connectivity index (χ1) is 10.1. The molecule has 0 spiro atoms. The van der Waals surface area contributed by atoms with Crippen molar-refractivity contribution in [2.75, 3.05) is 0 Å². The van der Waals surface area contributed by atoms with Gasteiger partial charge in [0.25, 0.3) is 0 Å². The highest BCUT2D eigenvalue weighted by molar-refractivity contribution is 9.10. The van der Waals surface area contributed by atoms with Crippen LogP contribution in [-0.2, 0) is 4.79 Å². The fourth-order valence-electron chi connectivity index (χ4n) is 4.03. The molecule has 2 saturated carbocycles. The Morgan fingerprint density at radius 3 is 2.67 bits per heavy atom. The van der Waals surface area contributed by atoms with Crippen LogP contribution in [0.1, 0.15) is 38.2 Å². The fraction of sp³-hybridized carbons (Fsp3) is 0.500. The number of rotatable bonds is 4. The molecular weight excluding hydrogens is 326 g/mol. The zero-order valence-corrected chi connectivity index (χ0v) is 14.0. The van der Waals surface area contributed by atoms with Gasteiger partial charge in [-0.3, -0.25) is 4.79 Å². The van der Waals surface area contributed by atoms with Gasteiger partial charge >= 0.3 is 0 Å². The van der Waals surface area contributed by atoms with Gasteiger partial charge in [0, 0.05) is 16.6 Å². The van der Waals surface area contributed by atoms with Crippen molar-refractivity contribution in [2.24, 2.45) is 17.8 Å². The summed E-state index contributed by atoms with van der Waals surface area (Å²) >= 11 is 3.41. The monoisotopic (exact) mass is 347 g/mol. The highest BCUT2D eigenvalue weighted by Crippen LogP contribution is 2.49. The van der Waals surface area contributed by atoms with Crippen LogP contribution in [0.4, 0.5) is 0 Å². The minimum Gasteiger partial charge on any atom is -0.350 e. The fourth-order valence-corrected chi connectivity index (χ4v) is 4.30. The molecule has 0 radical (unpaired) electrons. The van der Waals surface area contributed by atoms with Crippen LogP contribution in [-0.4, -0.2) is 11.9 Å². The smallest absolute Gasteiger partial charge is 0.244 e. The SMILES string of the molecule is C[C@@H](NC(=O)/C=C/c1ccc(Br)cc1)[C@@H]1C[C@@H]2CC[C@@H]1C2. The minimum atomic E-state index is 0.0215. The maximum absolute atomic E-state index is 12.0. The second-order valence-electron chi connectivity index (χ2n) is 6.52. The van der Waals surface area contributed by atoms with Crippen LogP contribution in [0.5, 0.6) is 0 Å². The Labute approximate surface area is 135 Å². The lowest BCUT2D eigenvalue weighted by Gasteiger charge is -2.28. The van der Waals surface area contributed by atoms with Crippen molar-refractivity contribution < 1.29 is 4.79 Å². The van der Waals surface area contributed by atoms with Crippen LogP contribution in [0.3, 0.4) is 0 Å². The number of halogens is 1. The van der Waals surface area contributed by atoms with Crippen molar-refractivity contribution in [1.82, 2.24) is 5.32 Å². The first-order valence-electron chi connectivity index (χ1n) is 7.86. The zero-order chi connectivity index (χ0) is 14.8. The Kier molecular flexibility index (Phi) is 4.48. The molecule has 1 aromatic carbocycles. The lowest BCUT2D eigenvalue weighted by molar-refractivity contribution is -0.117. The van der Waals surface area contributed by atoms with Crippen molar-refractivity contribution in [3.8, 4) is 0 Å².